The molecular formula is C11H9ClIN3O. The predicted molar refractivity (Wildman–Crippen MR) is 74.5 cm³/mol. The van der Waals surface area contributed by atoms with Gasteiger partial charge >= 0.3 is 0 Å². The molecule has 4 nitrogen and oxygen atoms in total. The van der Waals surface area contributed by atoms with Gasteiger partial charge in [-0.3, -0.25) is 4.79 Å². The van der Waals surface area contributed by atoms with Gasteiger partial charge in [0.15, 0.2) is 0 Å². The Morgan fingerprint density at radius 1 is 1.53 bits per heavy atom. The van der Waals surface area contributed by atoms with Crippen molar-refractivity contribution in [1.82, 2.24) is 9.78 Å². The fraction of sp³-hybridized carbons (Fsp3) is 0.0909. The van der Waals surface area contributed by atoms with Crippen LogP contribution in [0.4, 0.5) is 0 Å². The second kappa shape index (κ2) is 4.66. The Morgan fingerprint density at radius 3 is 2.82 bits per heavy atom. The van der Waals surface area contributed by atoms with Gasteiger partial charge in [0.2, 0.25) is 0 Å². The van der Waals surface area contributed by atoms with Crippen molar-refractivity contribution in [1.29, 1.82) is 0 Å². The molecule has 0 spiro atoms. The van der Waals surface area contributed by atoms with Crippen molar-refractivity contribution in [3.63, 3.8) is 0 Å². The largest absolute Gasteiger partial charge is 0.364 e. The summed E-state index contributed by atoms with van der Waals surface area (Å²) in [6, 6.07) is 7.13. The molecule has 17 heavy (non-hydrogen) atoms. The number of nitrogens with zero attached hydrogens (tertiary/aromatic N) is 2. The molecule has 2 rings (SSSR count). The zero-order valence-corrected chi connectivity index (χ0v) is 11.9. The molecule has 0 aliphatic heterocycles. The summed E-state index contributed by atoms with van der Waals surface area (Å²) in [5, 5.41) is 4.78. The van der Waals surface area contributed by atoms with Gasteiger partial charge in [-0.05, 0) is 47.7 Å². The molecule has 0 saturated carbocycles. The highest BCUT2D eigenvalue weighted by Gasteiger charge is 2.16. The summed E-state index contributed by atoms with van der Waals surface area (Å²) in [5.41, 5.74) is 7.04. The molecule has 0 unspecified atom stereocenters. The van der Waals surface area contributed by atoms with Crippen LogP contribution in [-0.4, -0.2) is 15.7 Å². The van der Waals surface area contributed by atoms with Gasteiger partial charge in [-0.1, -0.05) is 17.7 Å². The molecular weight excluding hydrogens is 352 g/mol. The van der Waals surface area contributed by atoms with Crippen molar-refractivity contribution < 1.29 is 4.79 Å². The Hall–Kier alpha value is -1.08. The minimum absolute atomic E-state index is 0.327. The number of benzene rings is 1. The monoisotopic (exact) mass is 361 g/mol. The third-order valence-corrected chi connectivity index (χ3v) is 3.41. The highest BCUT2D eigenvalue weighted by atomic mass is 127. The summed E-state index contributed by atoms with van der Waals surface area (Å²) in [6.07, 6.45) is 0. The standard InChI is InChI=1S/C11H9ClIN3O/c1-6-5-9(11(14)17)16(15-6)10-7(12)3-2-4-8(10)13/h2-5H,1H3,(H2,14,17). The quantitative estimate of drug-likeness (QED) is 0.836. The third kappa shape index (κ3) is 2.30. The molecule has 0 atom stereocenters. The average molecular weight is 362 g/mol. The lowest BCUT2D eigenvalue weighted by molar-refractivity contribution is 0.0993. The molecule has 1 aromatic heterocycles. The Morgan fingerprint density at radius 2 is 2.24 bits per heavy atom. The first-order chi connectivity index (χ1) is 8.00. The summed E-state index contributed by atoms with van der Waals surface area (Å²) in [6.45, 7) is 1.80. The molecule has 1 heterocycles. The summed E-state index contributed by atoms with van der Waals surface area (Å²) < 4.78 is 2.39. The van der Waals surface area contributed by atoms with Crippen LogP contribution in [0, 0.1) is 10.5 Å². The van der Waals surface area contributed by atoms with Crippen LogP contribution in [0.2, 0.25) is 5.02 Å². The van der Waals surface area contributed by atoms with E-state index >= 15 is 0 Å². The first-order valence-electron chi connectivity index (χ1n) is 4.81. The van der Waals surface area contributed by atoms with E-state index in [2.05, 4.69) is 27.7 Å². The van der Waals surface area contributed by atoms with Crippen molar-refractivity contribution in [3.8, 4) is 5.69 Å². The maximum absolute atomic E-state index is 11.3. The van der Waals surface area contributed by atoms with E-state index in [9.17, 15) is 4.79 Å². The normalized spacial score (nSPS) is 10.5. The number of carbonyl (C=O) groups excluding carboxylic acids is 1. The van der Waals surface area contributed by atoms with Gasteiger partial charge in [-0.25, -0.2) is 4.68 Å². The number of rotatable bonds is 2. The van der Waals surface area contributed by atoms with Gasteiger partial charge in [0.25, 0.3) is 5.91 Å². The Labute approximate surface area is 117 Å². The molecule has 0 saturated heterocycles. The fourth-order valence-corrected chi connectivity index (χ4v) is 2.68. The van der Waals surface area contributed by atoms with Gasteiger partial charge < -0.3 is 5.73 Å². The van der Waals surface area contributed by atoms with Gasteiger partial charge in [-0.15, -0.1) is 0 Å². The minimum atomic E-state index is -0.527. The van der Waals surface area contributed by atoms with Crippen molar-refractivity contribution >= 4 is 40.1 Å². The second-order valence-electron chi connectivity index (χ2n) is 3.52. The average Bonchev–Trinajstić information content (AvgIpc) is 2.60. The van der Waals surface area contributed by atoms with Crippen LogP contribution in [0.15, 0.2) is 24.3 Å². The zero-order valence-electron chi connectivity index (χ0n) is 8.95. The summed E-state index contributed by atoms with van der Waals surface area (Å²) in [4.78, 5) is 11.3. The van der Waals surface area contributed by atoms with Gasteiger partial charge in [-0.2, -0.15) is 5.10 Å². The second-order valence-corrected chi connectivity index (χ2v) is 5.09. The number of aromatic nitrogens is 2. The molecule has 0 bridgehead atoms. The van der Waals surface area contributed by atoms with E-state index in [1.807, 2.05) is 12.1 Å². The number of carbonyl (C=O) groups is 1. The molecule has 2 N–H and O–H groups in total. The molecule has 2 aromatic rings. The van der Waals surface area contributed by atoms with Crippen molar-refractivity contribution in [2.75, 3.05) is 0 Å². The molecule has 1 aromatic carbocycles. The molecule has 0 fully saturated rings. The maximum atomic E-state index is 11.3. The molecule has 6 heteroatoms. The van der Waals surface area contributed by atoms with E-state index < -0.39 is 5.91 Å². The summed E-state index contributed by atoms with van der Waals surface area (Å²) >= 11 is 8.27. The molecule has 0 aliphatic carbocycles. The van der Waals surface area contributed by atoms with E-state index in [1.54, 1.807) is 19.1 Å². The number of nitrogens with two attached hydrogens (primary N) is 1. The Bertz CT molecular complexity index is 574. The van der Waals surface area contributed by atoms with Crippen LogP contribution < -0.4 is 5.73 Å². The van der Waals surface area contributed by atoms with Crippen LogP contribution in [0.3, 0.4) is 0 Å². The third-order valence-electron chi connectivity index (χ3n) is 2.23. The van der Waals surface area contributed by atoms with Crippen LogP contribution in [0.1, 0.15) is 16.2 Å². The van der Waals surface area contributed by atoms with Crippen molar-refractivity contribution in [3.05, 3.63) is 44.2 Å². The first kappa shape index (κ1) is 12.4. The molecule has 1 amide bonds. The smallest absolute Gasteiger partial charge is 0.267 e. The maximum Gasteiger partial charge on any atom is 0.267 e. The molecule has 0 aliphatic rings. The number of para-hydroxylation sites is 1. The number of hydrogen-bond acceptors (Lipinski definition) is 2. The highest BCUT2D eigenvalue weighted by Crippen LogP contribution is 2.26. The number of aryl methyl sites for hydroxylation is 1. The lowest BCUT2D eigenvalue weighted by Gasteiger charge is -2.09. The number of primary amides is 1. The Balaban J connectivity index is 2.72. The predicted octanol–water partition coefficient (Wildman–Crippen LogP) is 2.54. The molecule has 88 valence electrons. The lowest BCUT2D eigenvalue weighted by Crippen LogP contribution is -2.17. The van der Waals surface area contributed by atoms with E-state index in [-0.39, 0.29) is 0 Å². The minimum Gasteiger partial charge on any atom is -0.364 e. The van der Waals surface area contributed by atoms with Crippen LogP contribution in [0.25, 0.3) is 5.69 Å². The van der Waals surface area contributed by atoms with E-state index in [0.29, 0.717) is 16.4 Å². The summed E-state index contributed by atoms with van der Waals surface area (Å²) in [5.74, 6) is -0.527. The van der Waals surface area contributed by atoms with Crippen molar-refractivity contribution in [2.45, 2.75) is 6.92 Å². The van der Waals surface area contributed by atoms with Crippen LogP contribution in [-0.2, 0) is 0 Å². The molecule has 0 radical (unpaired) electrons. The van der Waals surface area contributed by atoms with Gasteiger partial charge in [0.1, 0.15) is 5.69 Å². The number of hydrogen-bond donors (Lipinski definition) is 1. The lowest BCUT2D eigenvalue weighted by atomic mass is 10.3. The summed E-state index contributed by atoms with van der Waals surface area (Å²) in [7, 11) is 0. The first-order valence-corrected chi connectivity index (χ1v) is 6.27. The topological polar surface area (TPSA) is 60.9 Å². The van der Waals surface area contributed by atoms with E-state index in [0.717, 1.165) is 9.26 Å². The van der Waals surface area contributed by atoms with Crippen molar-refractivity contribution in [2.24, 2.45) is 5.73 Å². The number of halogens is 2. The zero-order chi connectivity index (χ0) is 12.6. The highest BCUT2D eigenvalue weighted by molar-refractivity contribution is 14.1. The van der Waals surface area contributed by atoms with Gasteiger partial charge in [0.05, 0.1) is 16.4 Å². The SMILES string of the molecule is Cc1cc(C(N)=O)n(-c2c(Cl)cccc2I)n1. The van der Waals surface area contributed by atoms with E-state index in [4.69, 9.17) is 17.3 Å². The fourth-order valence-electron chi connectivity index (χ4n) is 1.54. The van der Waals surface area contributed by atoms with E-state index in [1.165, 1.54) is 4.68 Å². The van der Waals surface area contributed by atoms with Crippen LogP contribution >= 0.6 is 34.2 Å². The van der Waals surface area contributed by atoms with Gasteiger partial charge in [0, 0.05) is 3.57 Å². The van der Waals surface area contributed by atoms with Crippen LogP contribution in [0.5, 0.6) is 0 Å². The number of amides is 1. The Kier molecular flexibility index (Phi) is 3.39.